The van der Waals surface area contributed by atoms with Gasteiger partial charge in [-0.3, -0.25) is 24.0 Å². The lowest BCUT2D eigenvalue weighted by atomic mass is 9.85. The number of fused-ring (bicyclic) bond motifs is 1. The van der Waals surface area contributed by atoms with E-state index in [-0.39, 0.29) is 42.0 Å². The van der Waals surface area contributed by atoms with Crippen LogP contribution in [-0.4, -0.2) is 84.7 Å². The molecule has 6 rings (SSSR count). The lowest BCUT2D eigenvalue weighted by Crippen LogP contribution is -2.57. The summed E-state index contributed by atoms with van der Waals surface area (Å²) >= 11 is 0. The number of amides is 4. The molecule has 2 aromatic carbocycles. The maximum absolute atomic E-state index is 12.9. The number of ether oxygens (including phenoxy) is 3. The second kappa shape index (κ2) is 27.2. The van der Waals surface area contributed by atoms with Gasteiger partial charge in [0.2, 0.25) is 23.6 Å². The number of carbonyl (C=O) groups is 6. The van der Waals surface area contributed by atoms with Crippen LogP contribution in [0.4, 0.5) is 4.79 Å². The highest BCUT2D eigenvalue weighted by Crippen LogP contribution is 2.38. The predicted molar refractivity (Wildman–Crippen MR) is 253 cm³/mol. The van der Waals surface area contributed by atoms with Crippen molar-refractivity contribution in [3.05, 3.63) is 67.3 Å². The average molecular weight is 870 g/mol. The first-order valence-corrected chi connectivity index (χ1v) is 20.7. The largest absolute Gasteiger partial charge is 0.497 e. The number of likely N-dealkylation sites (tertiary alicyclic amines) is 1. The molecule has 5 N–H and O–H groups in total. The number of nitrogens with zero attached hydrogens (tertiary/aromatic N) is 2. The Balaban J connectivity index is -0.000000399. The second-order valence-electron chi connectivity index (χ2n) is 16.6. The fourth-order valence-corrected chi connectivity index (χ4v) is 5.77. The number of allylic oxidation sites excluding steroid dienone is 1. The van der Waals surface area contributed by atoms with Gasteiger partial charge >= 0.3 is 6.09 Å². The van der Waals surface area contributed by atoms with Crippen molar-refractivity contribution in [1.82, 2.24) is 15.2 Å². The number of alkyl carbamates (subject to hydrolysis) is 1. The van der Waals surface area contributed by atoms with Crippen LogP contribution in [0.2, 0.25) is 0 Å². The molecule has 1 saturated heterocycles. The number of pyridine rings is 1. The molecular formula is C48H79N5O9. The number of nitrogens with two attached hydrogens (primary N) is 2. The Hall–Kier alpha value is -5.79. The second-order valence-corrected chi connectivity index (χ2v) is 16.6. The monoisotopic (exact) mass is 870 g/mol. The van der Waals surface area contributed by atoms with E-state index < -0.39 is 35.1 Å². The van der Waals surface area contributed by atoms with Gasteiger partial charge in [0.15, 0.2) is 12.6 Å². The number of nitrogens with one attached hydrogen (secondary N) is 1. The molecule has 1 aliphatic heterocycles. The van der Waals surface area contributed by atoms with Crippen molar-refractivity contribution in [3.63, 3.8) is 0 Å². The highest BCUT2D eigenvalue weighted by molar-refractivity contribution is 6.09. The van der Waals surface area contributed by atoms with Gasteiger partial charge in [0.25, 0.3) is 0 Å². The number of primary amides is 2. The van der Waals surface area contributed by atoms with Gasteiger partial charge in [0.1, 0.15) is 23.4 Å². The molecule has 1 aromatic heterocycles. The molecule has 2 saturated carbocycles. The average Bonchev–Trinajstić information content (AvgIpc) is 4.15. The lowest BCUT2D eigenvalue weighted by Gasteiger charge is -2.35. The van der Waals surface area contributed by atoms with Crippen molar-refractivity contribution in [2.75, 3.05) is 20.8 Å². The van der Waals surface area contributed by atoms with Crippen LogP contribution < -0.4 is 26.3 Å². The number of aromatic nitrogens is 1. The molecule has 4 atom stereocenters. The van der Waals surface area contributed by atoms with Gasteiger partial charge < -0.3 is 35.9 Å². The quantitative estimate of drug-likeness (QED) is 0.106. The van der Waals surface area contributed by atoms with Crippen LogP contribution in [0.5, 0.6) is 11.6 Å². The summed E-state index contributed by atoms with van der Waals surface area (Å²) in [6, 6.07) is 16.6. The molecule has 3 aromatic rings. The third-order valence-corrected chi connectivity index (χ3v) is 9.35. The molecule has 350 valence electrons. The van der Waals surface area contributed by atoms with Crippen LogP contribution >= 0.6 is 0 Å². The van der Waals surface area contributed by atoms with Gasteiger partial charge in [-0.2, -0.15) is 0 Å². The highest BCUT2D eigenvalue weighted by atomic mass is 16.6. The van der Waals surface area contributed by atoms with Crippen LogP contribution in [0.1, 0.15) is 106 Å². The van der Waals surface area contributed by atoms with Crippen LogP contribution in [0, 0.1) is 23.2 Å². The van der Waals surface area contributed by atoms with E-state index in [9.17, 15) is 19.2 Å². The van der Waals surface area contributed by atoms with Crippen molar-refractivity contribution in [1.29, 1.82) is 0 Å². The number of rotatable bonds is 9. The van der Waals surface area contributed by atoms with Gasteiger partial charge in [0, 0.05) is 27.7 Å². The van der Waals surface area contributed by atoms with E-state index in [2.05, 4.69) is 35.9 Å². The molecule has 0 bridgehead atoms. The Labute approximate surface area is 374 Å². The highest BCUT2D eigenvalue weighted by Gasteiger charge is 2.42. The van der Waals surface area contributed by atoms with E-state index in [0.29, 0.717) is 24.8 Å². The van der Waals surface area contributed by atoms with Gasteiger partial charge in [-0.1, -0.05) is 86.1 Å². The fraction of sp³-hybridized carbons (Fsp3) is 0.521. The summed E-state index contributed by atoms with van der Waals surface area (Å²) in [7, 11) is 3.30. The minimum atomic E-state index is -0.794. The van der Waals surface area contributed by atoms with Crippen LogP contribution in [0.25, 0.3) is 22.0 Å². The minimum absolute atomic E-state index is 0. The summed E-state index contributed by atoms with van der Waals surface area (Å²) in [5.41, 5.74) is 11.1. The Morgan fingerprint density at radius 3 is 1.87 bits per heavy atom. The summed E-state index contributed by atoms with van der Waals surface area (Å²) in [6.07, 6.45) is 6.70. The Kier molecular flexibility index (Phi) is 24.7. The van der Waals surface area contributed by atoms with E-state index in [0.717, 1.165) is 46.5 Å². The Bertz CT molecular complexity index is 1890. The molecular weight excluding hydrogens is 791 g/mol. The SMILES string of the molecule is C.C=C[C@@H]1C[C@@H]1C(N)=O.CC.CC(C)(C)OC(=O)N[C@H](C(=O)N1CCC[C@H]1C(N)=O)C(C)(C)C.CC1CC1.COc1ccc(-c2cc3ccccc3c(OC)n2)cc1.O=CC=O.[HH].[HH].[HH]. The van der Waals surface area contributed by atoms with Crippen LogP contribution in [-0.2, 0) is 28.7 Å². The summed E-state index contributed by atoms with van der Waals surface area (Å²) in [5.74, 6) is 2.05. The zero-order valence-corrected chi connectivity index (χ0v) is 38.0. The van der Waals surface area contributed by atoms with Crippen molar-refractivity contribution in [3.8, 4) is 22.9 Å². The van der Waals surface area contributed by atoms with Crippen molar-refractivity contribution in [2.45, 2.75) is 120 Å². The van der Waals surface area contributed by atoms with E-state index in [4.69, 9.17) is 35.3 Å². The third-order valence-electron chi connectivity index (χ3n) is 9.35. The first kappa shape index (κ1) is 56.2. The van der Waals surface area contributed by atoms with Crippen LogP contribution in [0.15, 0.2) is 67.3 Å². The molecule has 14 heteroatoms. The Morgan fingerprint density at radius 2 is 1.47 bits per heavy atom. The predicted octanol–water partition coefficient (Wildman–Crippen LogP) is 8.82. The van der Waals surface area contributed by atoms with Gasteiger partial charge in [-0.05, 0) is 99.1 Å². The molecule has 2 aliphatic carbocycles. The number of carbonyl (C=O) groups excluding carboxylic acids is 6. The molecule has 62 heavy (non-hydrogen) atoms. The summed E-state index contributed by atoms with van der Waals surface area (Å²) in [4.78, 5) is 70.4. The zero-order valence-electron chi connectivity index (χ0n) is 38.0. The van der Waals surface area contributed by atoms with Gasteiger partial charge in [0.05, 0.1) is 19.9 Å². The smallest absolute Gasteiger partial charge is 0.408 e. The first-order chi connectivity index (χ1) is 28.7. The minimum Gasteiger partial charge on any atom is -0.497 e. The van der Waals surface area contributed by atoms with E-state index in [1.54, 1.807) is 41.1 Å². The molecule has 0 radical (unpaired) electrons. The molecule has 14 nitrogen and oxygen atoms in total. The van der Waals surface area contributed by atoms with E-state index in [1.165, 1.54) is 17.7 Å². The molecule has 3 aliphatic rings. The van der Waals surface area contributed by atoms with E-state index in [1.807, 2.05) is 77.1 Å². The molecule has 2 heterocycles. The lowest BCUT2D eigenvalue weighted by molar-refractivity contribution is -0.141. The normalized spacial score (nSPS) is 17.3. The van der Waals surface area contributed by atoms with Crippen molar-refractivity contribution < 1.29 is 47.3 Å². The number of benzene rings is 2. The summed E-state index contributed by atoms with van der Waals surface area (Å²) < 4.78 is 15.8. The fourth-order valence-electron chi connectivity index (χ4n) is 5.77. The molecule has 0 unspecified atom stereocenters. The van der Waals surface area contributed by atoms with Gasteiger partial charge in [-0.25, -0.2) is 9.78 Å². The van der Waals surface area contributed by atoms with Gasteiger partial charge in [-0.15, -0.1) is 6.58 Å². The summed E-state index contributed by atoms with van der Waals surface area (Å²) in [6.45, 7) is 21.1. The number of methoxy groups -OCH3 is 2. The topological polar surface area (TPSA) is 210 Å². The molecule has 0 spiro atoms. The molecule has 3 fully saturated rings. The Morgan fingerprint density at radius 1 is 0.903 bits per heavy atom. The maximum Gasteiger partial charge on any atom is 0.408 e. The standard InChI is InChI=1S/C17H15NO2.C16H29N3O4.C6H9NO.C4H8.C2H2O2.C2H6.CH4.3H2/c1-19-14-9-7-12(8-10-14)16-11-13-5-3-4-6-15(13)17(18-16)20-2;1-15(2,3)11(18-14(22)23-16(4,5)6)13(21)19-9-7-8-10(19)12(17)20;1-2-4-3-5(4)6(7)8;1-4-2-3-4;3-1-2-4;1-2;;;;/h3-11H,1-2H3;10-11H,7-9H2,1-6H3,(H2,17,20)(H,18,22);2,4-5H,1,3H2,(H2,7,8);4H,2-3H2,1H3;1-2H;1-2H3;1H4;3*1H/t;10-,11+;4-,5+;;;;;;;/m.01......./s1. The number of hydrogen-bond donors (Lipinski definition) is 3. The first-order valence-electron chi connectivity index (χ1n) is 20.7. The van der Waals surface area contributed by atoms with Crippen molar-refractivity contribution >= 4 is 47.2 Å². The number of hydrogen-bond acceptors (Lipinski definition) is 10. The van der Waals surface area contributed by atoms with Crippen LogP contribution in [0.3, 0.4) is 0 Å². The zero-order chi connectivity index (χ0) is 46.5. The number of aldehydes is 2. The maximum atomic E-state index is 12.9. The van der Waals surface area contributed by atoms with Crippen molar-refractivity contribution in [2.24, 2.45) is 34.6 Å². The van der Waals surface area contributed by atoms with E-state index >= 15 is 0 Å². The molecule has 4 amide bonds. The third kappa shape index (κ3) is 19.7. The summed E-state index contributed by atoms with van der Waals surface area (Å²) in [5, 5.41) is 4.78.